The maximum atomic E-state index is 11.9. The molecule has 0 saturated heterocycles. The zero-order chi connectivity index (χ0) is 15.4. The van der Waals surface area contributed by atoms with Gasteiger partial charge in [0.15, 0.2) is 0 Å². The van der Waals surface area contributed by atoms with Crippen molar-refractivity contribution < 1.29 is 14.7 Å². The van der Waals surface area contributed by atoms with E-state index >= 15 is 0 Å². The fraction of sp³-hybridized carbons (Fsp3) is 0.429. The van der Waals surface area contributed by atoms with Crippen LogP contribution in [-0.4, -0.2) is 23.7 Å². The average Bonchev–Trinajstić information content (AvgIpc) is 2.89. The smallest absolute Gasteiger partial charge is 0.319 e. The van der Waals surface area contributed by atoms with E-state index in [1.54, 1.807) is 18.2 Å². The van der Waals surface area contributed by atoms with Gasteiger partial charge in [0.05, 0.1) is 11.6 Å². The van der Waals surface area contributed by atoms with Crippen LogP contribution in [0.15, 0.2) is 22.7 Å². The molecule has 7 heteroatoms. The maximum absolute atomic E-state index is 11.9. The summed E-state index contributed by atoms with van der Waals surface area (Å²) in [7, 11) is 0. The Bertz CT molecular complexity index is 553. The van der Waals surface area contributed by atoms with E-state index in [2.05, 4.69) is 26.6 Å². The second-order valence-corrected chi connectivity index (χ2v) is 6.39. The van der Waals surface area contributed by atoms with Gasteiger partial charge in [-0.05, 0) is 52.9 Å². The Labute approximate surface area is 136 Å². The first-order valence-electron chi connectivity index (χ1n) is 6.70. The van der Waals surface area contributed by atoms with Crippen LogP contribution >= 0.6 is 27.5 Å². The van der Waals surface area contributed by atoms with Crippen molar-refractivity contribution in [1.82, 2.24) is 5.32 Å². The van der Waals surface area contributed by atoms with Crippen LogP contribution in [0.1, 0.15) is 19.3 Å². The minimum atomic E-state index is -0.780. The van der Waals surface area contributed by atoms with Crippen molar-refractivity contribution in [3.05, 3.63) is 27.7 Å². The fourth-order valence-electron chi connectivity index (χ4n) is 2.59. The Morgan fingerprint density at radius 2 is 2.14 bits per heavy atom. The molecule has 1 aromatic rings. The monoisotopic (exact) mass is 374 g/mol. The van der Waals surface area contributed by atoms with Crippen LogP contribution in [0.25, 0.3) is 0 Å². The summed E-state index contributed by atoms with van der Waals surface area (Å²) in [6, 6.07) is 4.73. The quantitative estimate of drug-likeness (QED) is 0.750. The second kappa shape index (κ2) is 7.13. The maximum Gasteiger partial charge on any atom is 0.319 e. The van der Waals surface area contributed by atoms with Gasteiger partial charge in [0.2, 0.25) is 0 Å². The summed E-state index contributed by atoms with van der Waals surface area (Å²) < 4.78 is 0.728. The highest BCUT2D eigenvalue weighted by Crippen LogP contribution is 2.31. The number of rotatable bonds is 4. The molecule has 0 spiro atoms. The van der Waals surface area contributed by atoms with Gasteiger partial charge in [0.1, 0.15) is 0 Å². The first kappa shape index (κ1) is 16.1. The largest absolute Gasteiger partial charge is 0.481 e. The van der Waals surface area contributed by atoms with Gasteiger partial charge in [-0.25, -0.2) is 4.79 Å². The van der Waals surface area contributed by atoms with Crippen molar-refractivity contribution in [3.8, 4) is 0 Å². The molecule has 1 saturated carbocycles. The van der Waals surface area contributed by atoms with Crippen LogP contribution in [-0.2, 0) is 4.79 Å². The molecule has 3 N–H and O–H groups in total. The van der Waals surface area contributed by atoms with Crippen molar-refractivity contribution in [2.24, 2.45) is 11.8 Å². The number of halogens is 2. The third kappa shape index (κ3) is 4.35. The third-order valence-electron chi connectivity index (χ3n) is 3.68. The Kier molecular flexibility index (Phi) is 5.47. The van der Waals surface area contributed by atoms with E-state index in [0.717, 1.165) is 17.3 Å². The summed E-state index contributed by atoms with van der Waals surface area (Å²) >= 11 is 9.20. The summed E-state index contributed by atoms with van der Waals surface area (Å²) in [5, 5.41) is 15.0. The molecule has 0 heterocycles. The molecule has 5 nitrogen and oxygen atoms in total. The van der Waals surface area contributed by atoms with Gasteiger partial charge in [0.25, 0.3) is 0 Å². The summed E-state index contributed by atoms with van der Waals surface area (Å²) in [5.74, 6) is -1.14. The van der Waals surface area contributed by atoms with E-state index in [9.17, 15) is 9.59 Å². The van der Waals surface area contributed by atoms with Gasteiger partial charge in [-0.15, -0.1) is 0 Å². The number of carbonyl (C=O) groups excluding carboxylic acids is 1. The van der Waals surface area contributed by atoms with E-state index < -0.39 is 5.97 Å². The van der Waals surface area contributed by atoms with Crippen molar-refractivity contribution in [3.63, 3.8) is 0 Å². The van der Waals surface area contributed by atoms with Crippen molar-refractivity contribution in [2.45, 2.75) is 19.3 Å². The first-order valence-corrected chi connectivity index (χ1v) is 7.87. The molecule has 1 aliphatic carbocycles. The minimum absolute atomic E-state index is 0.00366. The molecule has 0 aromatic heterocycles. The highest BCUT2D eigenvalue weighted by molar-refractivity contribution is 9.10. The van der Waals surface area contributed by atoms with Crippen LogP contribution in [0.5, 0.6) is 0 Å². The van der Waals surface area contributed by atoms with Gasteiger partial charge in [0, 0.05) is 16.0 Å². The number of hydrogen-bond acceptors (Lipinski definition) is 2. The normalized spacial score (nSPS) is 21.0. The first-order chi connectivity index (χ1) is 9.97. The molecule has 2 rings (SSSR count). The number of carboxylic acid groups (broad SMARTS) is 1. The molecule has 0 radical (unpaired) electrons. The Morgan fingerprint density at radius 3 is 2.86 bits per heavy atom. The van der Waals surface area contributed by atoms with Gasteiger partial charge < -0.3 is 15.7 Å². The lowest BCUT2D eigenvalue weighted by Crippen LogP contribution is -2.35. The molecule has 1 aliphatic rings. The number of carboxylic acids is 1. The minimum Gasteiger partial charge on any atom is -0.481 e. The summed E-state index contributed by atoms with van der Waals surface area (Å²) in [6.07, 6.45) is 2.41. The molecule has 2 amide bonds. The Balaban J connectivity index is 1.87. The summed E-state index contributed by atoms with van der Waals surface area (Å²) in [6.45, 7) is 0.362. The zero-order valence-electron chi connectivity index (χ0n) is 11.2. The zero-order valence-corrected chi connectivity index (χ0v) is 13.6. The molecular formula is C14H16BrClN2O3. The predicted octanol–water partition coefficient (Wildman–Crippen LogP) is 3.72. The second-order valence-electron chi connectivity index (χ2n) is 5.09. The standard InChI is InChI=1S/C14H16BrClN2O3/c15-11-5-4-9(16)6-12(11)18-14(21)17-7-8-2-1-3-10(8)13(19)20/h4-6,8,10H,1-3,7H2,(H,19,20)(H2,17,18,21). The fourth-order valence-corrected chi connectivity index (χ4v) is 3.11. The van der Waals surface area contributed by atoms with Crippen molar-refractivity contribution in [1.29, 1.82) is 0 Å². The molecule has 1 fully saturated rings. The average molecular weight is 376 g/mol. The molecule has 1 aromatic carbocycles. The number of nitrogens with one attached hydrogen (secondary N) is 2. The molecule has 2 atom stereocenters. The number of benzene rings is 1. The Hall–Kier alpha value is -1.27. The van der Waals surface area contributed by atoms with E-state index in [4.69, 9.17) is 16.7 Å². The molecule has 21 heavy (non-hydrogen) atoms. The van der Waals surface area contributed by atoms with Gasteiger partial charge >= 0.3 is 12.0 Å². The highest BCUT2D eigenvalue weighted by atomic mass is 79.9. The number of hydrogen-bond donors (Lipinski definition) is 3. The van der Waals surface area contributed by atoms with Crippen LogP contribution in [0.4, 0.5) is 10.5 Å². The number of anilines is 1. The van der Waals surface area contributed by atoms with Crippen LogP contribution in [0.3, 0.4) is 0 Å². The highest BCUT2D eigenvalue weighted by Gasteiger charge is 2.32. The number of urea groups is 1. The Morgan fingerprint density at radius 1 is 1.38 bits per heavy atom. The SMILES string of the molecule is O=C(NCC1CCCC1C(=O)O)Nc1cc(Cl)ccc1Br. The summed E-state index contributed by atoms with van der Waals surface area (Å²) in [4.78, 5) is 23.0. The lowest BCUT2D eigenvalue weighted by atomic mass is 9.96. The lowest BCUT2D eigenvalue weighted by molar-refractivity contribution is -0.142. The van der Waals surface area contributed by atoms with Gasteiger partial charge in [-0.1, -0.05) is 18.0 Å². The third-order valence-corrected chi connectivity index (χ3v) is 4.60. The molecular weight excluding hydrogens is 360 g/mol. The van der Waals surface area contributed by atoms with E-state index in [1.165, 1.54) is 0 Å². The number of carbonyl (C=O) groups is 2. The molecule has 0 aliphatic heterocycles. The van der Waals surface area contributed by atoms with E-state index in [-0.39, 0.29) is 17.9 Å². The van der Waals surface area contributed by atoms with Crippen LogP contribution in [0.2, 0.25) is 5.02 Å². The predicted molar refractivity (Wildman–Crippen MR) is 84.6 cm³/mol. The molecule has 0 bridgehead atoms. The number of amides is 2. The van der Waals surface area contributed by atoms with Crippen LogP contribution < -0.4 is 10.6 Å². The topological polar surface area (TPSA) is 78.4 Å². The van der Waals surface area contributed by atoms with E-state index in [1.807, 2.05) is 0 Å². The lowest BCUT2D eigenvalue weighted by Gasteiger charge is -2.17. The number of aliphatic carboxylic acids is 1. The van der Waals surface area contributed by atoms with E-state index in [0.29, 0.717) is 23.7 Å². The molecule has 2 unspecified atom stereocenters. The summed E-state index contributed by atoms with van der Waals surface area (Å²) in [5.41, 5.74) is 0.571. The van der Waals surface area contributed by atoms with Gasteiger partial charge in [-0.2, -0.15) is 0 Å². The van der Waals surface area contributed by atoms with Gasteiger partial charge in [-0.3, -0.25) is 4.79 Å². The van der Waals surface area contributed by atoms with Crippen molar-refractivity contribution in [2.75, 3.05) is 11.9 Å². The van der Waals surface area contributed by atoms with Crippen LogP contribution in [0, 0.1) is 11.8 Å². The molecule has 114 valence electrons. The van der Waals surface area contributed by atoms with Crippen molar-refractivity contribution >= 4 is 45.2 Å².